The SMILES string of the molecule is CCN(CC)c1ccc(NCC(=O)NCCN2CCOCC2)cc1. The Labute approximate surface area is 145 Å². The van der Waals surface area contributed by atoms with E-state index in [9.17, 15) is 4.79 Å². The molecule has 2 rings (SSSR count). The van der Waals surface area contributed by atoms with Crippen molar-refractivity contribution in [1.82, 2.24) is 10.2 Å². The van der Waals surface area contributed by atoms with Crippen molar-refractivity contribution in [2.45, 2.75) is 13.8 Å². The number of hydrogen-bond donors (Lipinski definition) is 2. The van der Waals surface area contributed by atoms with Crippen LogP contribution in [0.3, 0.4) is 0 Å². The highest BCUT2D eigenvalue weighted by Gasteiger charge is 2.10. The molecule has 0 bridgehead atoms. The van der Waals surface area contributed by atoms with Gasteiger partial charge in [0, 0.05) is 50.6 Å². The van der Waals surface area contributed by atoms with Crippen LogP contribution in [-0.4, -0.2) is 69.8 Å². The summed E-state index contributed by atoms with van der Waals surface area (Å²) in [6.07, 6.45) is 0. The molecule has 1 aromatic rings. The molecule has 0 atom stereocenters. The molecule has 24 heavy (non-hydrogen) atoms. The van der Waals surface area contributed by atoms with Crippen LogP contribution in [0.2, 0.25) is 0 Å². The second-order valence-corrected chi connectivity index (χ2v) is 5.88. The topological polar surface area (TPSA) is 56.8 Å². The number of anilines is 2. The monoisotopic (exact) mass is 334 g/mol. The van der Waals surface area contributed by atoms with Crippen molar-refractivity contribution in [1.29, 1.82) is 0 Å². The van der Waals surface area contributed by atoms with Gasteiger partial charge in [-0.1, -0.05) is 0 Å². The predicted molar refractivity (Wildman–Crippen MR) is 98.8 cm³/mol. The van der Waals surface area contributed by atoms with E-state index in [-0.39, 0.29) is 5.91 Å². The third-order valence-corrected chi connectivity index (χ3v) is 4.30. The molecule has 134 valence electrons. The van der Waals surface area contributed by atoms with Crippen LogP contribution in [0.25, 0.3) is 0 Å². The molecule has 1 amide bonds. The standard InChI is InChI=1S/C18H30N4O2/c1-3-22(4-2)17-7-5-16(6-8-17)20-15-18(23)19-9-10-21-11-13-24-14-12-21/h5-8,20H,3-4,9-15H2,1-2H3,(H,19,23). The Morgan fingerprint density at radius 3 is 2.46 bits per heavy atom. The summed E-state index contributed by atoms with van der Waals surface area (Å²) in [5.41, 5.74) is 2.18. The number of nitrogens with one attached hydrogen (secondary N) is 2. The Hall–Kier alpha value is -1.79. The number of hydrogen-bond acceptors (Lipinski definition) is 5. The van der Waals surface area contributed by atoms with Gasteiger partial charge < -0.3 is 20.3 Å². The minimum absolute atomic E-state index is 0.0241. The molecular weight excluding hydrogens is 304 g/mol. The fraction of sp³-hybridized carbons (Fsp3) is 0.611. The molecule has 1 heterocycles. The van der Waals surface area contributed by atoms with Crippen LogP contribution in [0, 0.1) is 0 Å². The third kappa shape index (κ3) is 6.02. The van der Waals surface area contributed by atoms with Gasteiger partial charge in [-0.05, 0) is 38.1 Å². The van der Waals surface area contributed by atoms with Crippen molar-refractivity contribution in [3.63, 3.8) is 0 Å². The summed E-state index contributed by atoms with van der Waals surface area (Å²) in [5.74, 6) is 0.0241. The minimum Gasteiger partial charge on any atom is -0.379 e. The van der Waals surface area contributed by atoms with Gasteiger partial charge in [0.05, 0.1) is 19.8 Å². The second kappa shape index (κ2) is 10.2. The molecule has 1 aromatic carbocycles. The Morgan fingerprint density at radius 1 is 1.17 bits per heavy atom. The Kier molecular flexibility index (Phi) is 7.85. The van der Waals surface area contributed by atoms with E-state index in [4.69, 9.17) is 4.74 Å². The molecule has 1 aliphatic rings. The first kappa shape index (κ1) is 18.5. The summed E-state index contributed by atoms with van der Waals surface area (Å²) in [7, 11) is 0. The lowest BCUT2D eigenvalue weighted by Crippen LogP contribution is -2.42. The quantitative estimate of drug-likeness (QED) is 0.715. The normalized spacial score (nSPS) is 15.1. The lowest BCUT2D eigenvalue weighted by Gasteiger charge is -2.26. The number of benzene rings is 1. The zero-order valence-electron chi connectivity index (χ0n) is 14.9. The van der Waals surface area contributed by atoms with Gasteiger partial charge in [-0.2, -0.15) is 0 Å². The van der Waals surface area contributed by atoms with Crippen molar-refractivity contribution >= 4 is 17.3 Å². The van der Waals surface area contributed by atoms with E-state index in [0.29, 0.717) is 13.1 Å². The van der Waals surface area contributed by atoms with Crippen LogP contribution in [0.5, 0.6) is 0 Å². The molecule has 0 aliphatic carbocycles. The average Bonchev–Trinajstić information content (AvgIpc) is 2.63. The highest BCUT2D eigenvalue weighted by molar-refractivity contribution is 5.80. The summed E-state index contributed by atoms with van der Waals surface area (Å²) in [6.45, 7) is 11.6. The molecule has 0 unspecified atom stereocenters. The van der Waals surface area contributed by atoms with Gasteiger partial charge in [-0.15, -0.1) is 0 Å². The largest absolute Gasteiger partial charge is 0.379 e. The molecular formula is C18H30N4O2. The zero-order valence-corrected chi connectivity index (χ0v) is 14.9. The van der Waals surface area contributed by atoms with Gasteiger partial charge in [-0.25, -0.2) is 0 Å². The number of nitrogens with zero attached hydrogens (tertiary/aromatic N) is 2. The molecule has 6 nitrogen and oxygen atoms in total. The lowest BCUT2D eigenvalue weighted by atomic mass is 10.2. The van der Waals surface area contributed by atoms with Crippen molar-refractivity contribution < 1.29 is 9.53 Å². The first-order chi connectivity index (χ1) is 11.7. The molecule has 0 spiro atoms. The van der Waals surface area contributed by atoms with Crippen LogP contribution >= 0.6 is 0 Å². The molecule has 6 heteroatoms. The Balaban J connectivity index is 1.65. The van der Waals surface area contributed by atoms with E-state index in [1.54, 1.807) is 0 Å². The van der Waals surface area contributed by atoms with Crippen LogP contribution in [0.1, 0.15) is 13.8 Å². The van der Waals surface area contributed by atoms with E-state index in [2.05, 4.69) is 46.4 Å². The summed E-state index contributed by atoms with van der Waals surface area (Å²) < 4.78 is 5.31. The van der Waals surface area contributed by atoms with E-state index in [1.165, 1.54) is 5.69 Å². The summed E-state index contributed by atoms with van der Waals surface area (Å²) in [5, 5.41) is 6.13. The van der Waals surface area contributed by atoms with E-state index in [0.717, 1.165) is 51.6 Å². The summed E-state index contributed by atoms with van der Waals surface area (Å²) in [6, 6.07) is 8.22. The van der Waals surface area contributed by atoms with Gasteiger partial charge in [0.25, 0.3) is 0 Å². The van der Waals surface area contributed by atoms with Crippen molar-refractivity contribution in [2.24, 2.45) is 0 Å². The van der Waals surface area contributed by atoms with Gasteiger partial charge in [0.1, 0.15) is 0 Å². The number of amides is 1. The molecule has 0 saturated carbocycles. The van der Waals surface area contributed by atoms with Crippen LogP contribution < -0.4 is 15.5 Å². The number of carbonyl (C=O) groups is 1. The second-order valence-electron chi connectivity index (χ2n) is 5.88. The third-order valence-electron chi connectivity index (χ3n) is 4.30. The van der Waals surface area contributed by atoms with Gasteiger partial charge in [0.15, 0.2) is 0 Å². The fourth-order valence-electron chi connectivity index (χ4n) is 2.80. The number of rotatable bonds is 9. The molecule has 1 fully saturated rings. The van der Waals surface area contributed by atoms with E-state index >= 15 is 0 Å². The molecule has 1 saturated heterocycles. The summed E-state index contributed by atoms with van der Waals surface area (Å²) in [4.78, 5) is 16.5. The highest BCUT2D eigenvalue weighted by atomic mass is 16.5. The molecule has 2 N–H and O–H groups in total. The van der Waals surface area contributed by atoms with Gasteiger partial charge in [-0.3, -0.25) is 9.69 Å². The fourth-order valence-corrected chi connectivity index (χ4v) is 2.80. The Bertz CT molecular complexity index is 482. The number of ether oxygens (including phenoxy) is 1. The lowest BCUT2D eigenvalue weighted by molar-refractivity contribution is -0.119. The smallest absolute Gasteiger partial charge is 0.239 e. The van der Waals surface area contributed by atoms with Crippen LogP contribution in [0.4, 0.5) is 11.4 Å². The zero-order chi connectivity index (χ0) is 17.2. The Morgan fingerprint density at radius 2 is 1.83 bits per heavy atom. The molecule has 0 radical (unpaired) electrons. The van der Waals surface area contributed by atoms with Crippen molar-refractivity contribution in [3.8, 4) is 0 Å². The minimum atomic E-state index is 0.0241. The maximum atomic E-state index is 11.9. The van der Waals surface area contributed by atoms with Crippen molar-refractivity contribution in [3.05, 3.63) is 24.3 Å². The van der Waals surface area contributed by atoms with Crippen molar-refractivity contribution in [2.75, 3.05) is 69.2 Å². The van der Waals surface area contributed by atoms with Crippen LogP contribution in [-0.2, 0) is 9.53 Å². The molecule has 1 aliphatic heterocycles. The van der Waals surface area contributed by atoms with E-state index in [1.807, 2.05) is 12.1 Å². The first-order valence-electron chi connectivity index (χ1n) is 8.88. The molecule has 0 aromatic heterocycles. The number of carbonyl (C=O) groups excluding carboxylic acids is 1. The summed E-state index contributed by atoms with van der Waals surface area (Å²) >= 11 is 0. The average molecular weight is 334 g/mol. The number of morpholine rings is 1. The maximum Gasteiger partial charge on any atom is 0.239 e. The highest BCUT2D eigenvalue weighted by Crippen LogP contribution is 2.17. The predicted octanol–water partition coefficient (Wildman–Crippen LogP) is 1.39. The van der Waals surface area contributed by atoms with Crippen LogP contribution in [0.15, 0.2) is 24.3 Å². The van der Waals surface area contributed by atoms with E-state index < -0.39 is 0 Å². The maximum absolute atomic E-state index is 11.9. The van der Waals surface area contributed by atoms with Gasteiger partial charge in [0.2, 0.25) is 5.91 Å². The van der Waals surface area contributed by atoms with Gasteiger partial charge >= 0.3 is 0 Å². The first-order valence-corrected chi connectivity index (χ1v) is 8.88.